The van der Waals surface area contributed by atoms with Gasteiger partial charge in [0.05, 0.1) is 10.3 Å². The second kappa shape index (κ2) is 5.13. The number of sulfonamides is 1. The third kappa shape index (κ3) is 2.49. The van der Waals surface area contributed by atoms with E-state index in [0.717, 1.165) is 5.56 Å². The van der Waals surface area contributed by atoms with Crippen LogP contribution in [0.2, 0.25) is 0 Å². The molecule has 1 aromatic carbocycles. The average Bonchev–Trinajstić information content (AvgIpc) is 2.77. The predicted molar refractivity (Wildman–Crippen MR) is 78.0 cm³/mol. The summed E-state index contributed by atoms with van der Waals surface area (Å²) in [4.78, 5) is 11.4. The summed E-state index contributed by atoms with van der Waals surface area (Å²) < 4.78 is 27.0. The van der Waals surface area contributed by atoms with Crippen LogP contribution in [0, 0.1) is 12.3 Å². The van der Waals surface area contributed by atoms with Gasteiger partial charge in [-0.25, -0.2) is 8.42 Å². The van der Waals surface area contributed by atoms with E-state index in [-0.39, 0.29) is 18.0 Å². The Hall–Kier alpha value is -0.920. The van der Waals surface area contributed by atoms with Crippen molar-refractivity contribution in [2.45, 2.75) is 25.2 Å². The van der Waals surface area contributed by atoms with Crippen molar-refractivity contribution >= 4 is 31.9 Å². The van der Waals surface area contributed by atoms with Gasteiger partial charge in [-0.05, 0) is 47.8 Å². The third-order valence-electron chi connectivity index (χ3n) is 3.73. The monoisotopic (exact) mass is 361 g/mol. The van der Waals surface area contributed by atoms with Crippen molar-refractivity contribution in [1.82, 2.24) is 4.31 Å². The first-order valence-electron chi connectivity index (χ1n) is 6.17. The lowest BCUT2D eigenvalue weighted by molar-refractivity contribution is -0.146. The van der Waals surface area contributed by atoms with Crippen LogP contribution in [-0.4, -0.2) is 36.9 Å². The van der Waals surface area contributed by atoms with Gasteiger partial charge in [-0.1, -0.05) is 12.1 Å². The maximum Gasteiger partial charge on any atom is 0.310 e. The van der Waals surface area contributed by atoms with Crippen LogP contribution in [0.1, 0.15) is 18.9 Å². The molecule has 1 aliphatic heterocycles. The lowest BCUT2D eigenvalue weighted by atomic mass is 9.90. The van der Waals surface area contributed by atoms with Gasteiger partial charge in [0.2, 0.25) is 10.0 Å². The molecular formula is C13H16BrNO4S. The zero-order valence-corrected chi connectivity index (χ0v) is 13.7. The molecule has 7 heteroatoms. The number of carboxylic acid groups (broad SMARTS) is 1. The third-order valence-corrected chi connectivity index (χ3v) is 6.93. The number of aliphatic carboxylic acids is 1. The minimum absolute atomic E-state index is 0.00501. The van der Waals surface area contributed by atoms with Gasteiger partial charge in [-0.2, -0.15) is 4.31 Å². The molecule has 1 heterocycles. The minimum Gasteiger partial charge on any atom is -0.481 e. The standard InChI is InChI=1S/C13H16BrNO4S/c1-9-4-3-5-10(11(9)14)20(18,19)15-7-6-13(2,8-15)12(16)17/h3-5H,6-8H2,1-2H3,(H,16,17). The molecule has 2 rings (SSSR count). The van der Waals surface area contributed by atoms with Crippen molar-refractivity contribution in [3.63, 3.8) is 0 Å². The molecule has 0 saturated carbocycles. The highest BCUT2D eigenvalue weighted by atomic mass is 79.9. The molecule has 20 heavy (non-hydrogen) atoms. The minimum atomic E-state index is -3.67. The summed E-state index contributed by atoms with van der Waals surface area (Å²) in [5.74, 6) is -0.960. The number of carboxylic acids is 1. The largest absolute Gasteiger partial charge is 0.481 e. The maximum atomic E-state index is 12.6. The summed E-state index contributed by atoms with van der Waals surface area (Å²) in [5, 5.41) is 9.19. The number of aryl methyl sites for hydroxylation is 1. The van der Waals surface area contributed by atoms with Crippen LogP contribution >= 0.6 is 15.9 Å². The molecule has 0 radical (unpaired) electrons. The molecule has 0 aromatic heterocycles. The SMILES string of the molecule is Cc1cccc(S(=O)(=O)N2CCC(C)(C(=O)O)C2)c1Br. The summed E-state index contributed by atoms with van der Waals surface area (Å²) >= 11 is 3.30. The van der Waals surface area contributed by atoms with Crippen LogP contribution in [0.15, 0.2) is 27.6 Å². The van der Waals surface area contributed by atoms with Crippen LogP contribution in [0.5, 0.6) is 0 Å². The number of benzene rings is 1. The molecule has 0 bridgehead atoms. The van der Waals surface area contributed by atoms with E-state index in [9.17, 15) is 18.3 Å². The Morgan fingerprint density at radius 3 is 2.65 bits per heavy atom. The van der Waals surface area contributed by atoms with Crippen molar-refractivity contribution in [3.05, 3.63) is 28.2 Å². The van der Waals surface area contributed by atoms with E-state index in [0.29, 0.717) is 10.9 Å². The lowest BCUT2D eigenvalue weighted by Gasteiger charge is -2.20. The fourth-order valence-electron chi connectivity index (χ4n) is 2.26. The highest BCUT2D eigenvalue weighted by Gasteiger charge is 2.45. The quantitative estimate of drug-likeness (QED) is 0.895. The Kier molecular flexibility index (Phi) is 3.96. The van der Waals surface area contributed by atoms with E-state index < -0.39 is 21.4 Å². The molecule has 5 nitrogen and oxygen atoms in total. The first kappa shape index (κ1) is 15.5. The first-order chi connectivity index (χ1) is 9.18. The van der Waals surface area contributed by atoms with Gasteiger partial charge in [0.1, 0.15) is 0 Å². The molecule has 1 aliphatic rings. The van der Waals surface area contributed by atoms with Gasteiger partial charge in [-0.3, -0.25) is 4.79 Å². The van der Waals surface area contributed by atoms with E-state index >= 15 is 0 Å². The lowest BCUT2D eigenvalue weighted by Crippen LogP contribution is -2.35. The van der Waals surface area contributed by atoms with Crippen molar-refractivity contribution in [1.29, 1.82) is 0 Å². The van der Waals surface area contributed by atoms with Crippen molar-refractivity contribution in [3.8, 4) is 0 Å². The molecule has 0 aliphatic carbocycles. The second-order valence-electron chi connectivity index (χ2n) is 5.34. The Labute approximate surface area is 126 Å². The van der Waals surface area contributed by atoms with E-state index in [1.54, 1.807) is 13.0 Å². The highest BCUT2D eigenvalue weighted by molar-refractivity contribution is 9.10. The van der Waals surface area contributed by atoms with E-state index in [1.807, 2.05) is 13.0 Å². The smallest absolute Gasteiger partial charge is 0.310 e. The van der Waals surface area contributed by atoms with E-state index in [4.69, 9.17) is 0 Å². The summed E-state index contributed by atoms with van der Waals surface area (Å²) in [6, 6.07) is 5.02. The fourth-order valence-corrected chi connectivity index (χ4v) is 4.84. The Balaban J connectivity index is 2.38. The van der Waals surface area contributed by atoms with Gasteiger partial charge in [-0.15, -0.1) is 0 Å². The van der Waals surface area contributed by atoms with Crippen LogP contribution in [0.3, 0.4) is 0 Å². The van der Waals surface area contributed by atoms with Gasteiger partial charge in [0.15, 0.2) is 0 Å². The van der Waals surface area contributed by atoms with Gasteiger partial charge < -0.3 is 5.11 Å². The highest BCUT2D eigenvalue weighted by Crippen LogP contribution is 2.36. The Morgan fingerprint density at radius 1 is 1.45 bits per heavy atom. The predicted octanol–water partition coefficient (Wildman–Crippen LogP) is 2.24. The number of hydrogen-bond acceptors (Lipinski definition) is 3. The molecule has 0 spiro atoms. The zero-order chi connectivity index (χ0) is 15.1. The van der Waals surface area contributed by atoms with Gasteiger partial charge in [0, 0.05) is 17.6 Å². The Bertz CT molecular complexity index is 658. The van der Waals surface area contributed by atoms with E-state index in [2.05, 4.69) is 15.9 Å². The average molecular weight is 362 g/mol. The first-order valence-corrected chi connectivity index (χ1v) is 8.40. The molecule has 110 valence electrons. The fraction of sp³-hybridized carbons (Fsp3) is 0.462. The summed E-state index contributed by atoms with van der Waals surface area (Å²) in [6.45, 7) is 3.63. The number of halogens is 1. The Morgan fingerprint density at radius 2 is 2.10 bits per heavy atom. The molecule has 1 saturated heterocycles. The summed E-state index contributed by atoms with van der Waals surface area (Å²) in [5.41, 5.74) is -0.185. The van der Waals surface area contributed by atoms with E-state index in [1.165, 1.54) is 10.4 Å². The molecule has 1 atom stereocenters. The topological polar surface area (TPSA) is 74.7 Å². The summed E-state index contributed by atoms with van der Waals surface area (Å²) in [7, 11) is -3.67. The van der Waals surface area contributed by atoms with Gasteiger partial charge >= 0.3 is 5.97 Å². The second-order valence-corrected chi connectivity index (χ2v) is 8.04. The number of hydrogen-bond donors (Lipinski definition) is 1. The molecule has 1 N–H and O–H groups in total. The molecule has 1 unspecified atom stereocenters. The molecule has 0 amide bonds. The van der Waals surface area contributed by atoms with Crippen molar-refractivity contribution < 1.29 is 18.3 Å². The number of rotatable bonds is 3. The van der Waals surface area contributed by atoms with Crippen LogP contribution < -0.4 is 0 Å². The molecule has 1 aromatic rings. The molecule has 1 fully saturated rings. The van der Waals surface area contributed by atoms with Crippen LogP contribution in [-0.2, 0) is 14.8 Å². The maximum absolute atomic E-state index is 12.6. The number of nitrogens with zero attached hydrogens (tertiary/aromatic N) is 1. The van der Waals surface area contributed by atoms with Crippen LogP contribution in [0.25, 0.3) is 0 Å². The zero-order valence-electron chi connectivity index (χ0n) is 11.3. The molecular weight excluding hydrogens is 346 g/mol. The van der Waals surface area contributed by atoms with Crippen molar-refractivity contribution in [2.24, 2.45) is 5.41 Å². The summed E-state index contributed by atoms with van der Waals surface area (Å²) in [6.07, 6.45) is 0.324. The normalized spacial score (nSPS) is 23.9. The van der Waals surface area contributed by atoms with Crippen molar-refractivity contribution in [2.75, 3.05) is 13.1 Å². The van der Waals surface area contributed by atoms with Crippen LogP contribution in [0.4, 0.5) is 0 Å². The van der Waals surface area contributed by atoms with Gasteiger partial charge in [0.25, 0.3) is 0 Å². The number of carbonyl (C=O) groups is 1.